The van der Waals surface area contributed by atoms with Gasteiger partial charge in [-0.15, -0.1) is 0 Å². The predicted octanol–water partition coefficient (Wildman–Crippen LogP) is 2.65. The summed E-state index contributed by atoms with van der Waals surface area (Å²) in [5.41, 5.74) is 5.65. The number of hydrogen-bond donors (Lipinski definition) is 1. The van der Waals surface area contributed by atoms with Crippen LogP contribution in [-0.4, -0.2) is 11.3 Å². The molecule has 1 aliphatic rings. The van der Waals surface area contributed by atoms with Crippen LogP contribution in [0, 0.1) is 5.92 Å². The van der Waals surface area contributed by atoms with Crippen molar-refractivity contribution in [2.75, 3.05) is 0 Å². The van der Waals surface area contributed by atoms with Crippen LogP contribution in [0.2, 0.25) is 0 Å². The lowest BCUT2D eigenvalue weighted by atomic mass is 9.94. The molecule has 0 unspecified atom stereocenters. The standard InChI is InChI=1S/C12H23NO/c1-12(2,13)8-7-11(14)9-10-5-3-4-6-10/h10H,3-9,13H2,1-2H3. The van der Waals surface area contributed by atoms with Crippen molar-refractivity contribution < 1.29 is 4.79 Å². The molecule has 14 heavy (non-hydrogen) atoms. The van der Waals surface area contributed by atoms with Crippen molar-refractivity contribution in [2.45, 2.75) is 64.3 Å². The van der Waals surface area contributed by atoms with Crippen molar-refractivity contribution in [3.05, 3.63) is 0 Å². The van der Waals surface area contributed by atoms with Gasteiger partial charge in [-0.25, -0.2) is 0 Å². The van der Waals surface area contributed by atoms with E-state index in [-0.39, 0.29) is 5.54 Å². The van der Waals surface area contributed by atoms with Gasteiger partial charge in [0.2, 0.25) is 0 Å². The summed E-state index contributed by atoms with van der Waals surface area (Å²) >= 11 is 0. The van der Waals surface area contributed by atoms with Crippen LogP contribution >= 0.6 is 0 Å². The number of hydrogen-bond acceptors (Lipinski definition) is 2. The fourth-order valence-corrected chi connectivity index (χ4v) is 2.10. The SMILES string of the molecule is CC(C)(N)CCC(=O)CC1CCCC1. The van der Waals surface area contributed by atoms with E-state index in [1.807, 2.05) is 13.8 Å². The highest BCUT2D eigenvalue weighted by Gasteiger charge is 2.19. The Morgan fingerprint density at radius 3 is 2.43 bits per heavy atom. The second kappa shape index (κ2) is 4.92. The molecule has 0 bridgehead atoms. The average molecular weight is 197 g/mol. The molecule has 82 valence electrons. The number of carbonyl (C=O) groups excluding carboxylic acids is 1. The van der Waals surface area contributed by atoms with E-state index in [4.69, 9.17) is 5.73 Å². The minimum absolute atomic E-state index is 0.189. The van der Waals surface area contributed by atoms with Gasteiger partial charge >= 0.3 is 0 Å². The van der Waals surface area contributed by atoms with E-state index in [0.717, 1.165) is 12.8 Å². The average Bonchev–Trinajstić information content (AvgIpc) is 2.52. The van der Waals surface area contributed by atoms with E-state index in [1.165, 1.54) is 25.7 Å². The van der Waals surface area contributed by atoms with Crippen LogP contribution in [0.4, 0.5) is 0 Å². The third kappa shape index (κ3) is 4.75. The van der Waals surface area contributed by atoms with Gasteiger partial charge in [0, 0.05) is 18.4 Å². The maximum Gasteiger partial charge on any atom is 0.133 e. The van der Waals surface area contributed by atoms with Crippen molar-refractivity contribution in [1.82, 2.24) is 0 Å². The van der Waals surface area contributed by atoms with Gasteiger partial charge in [-0.05, 0) is 26.2 Å². The van der Waals surface area contributed by atoms with Crippen molar-refractivity contribution in [1.29, 1.82) is 0 Å². The lowest BCUT2D eigenvalue weighted by Gasteiger charge is -2.17. The zero-order chi connectivity index (χ0) is 10.6. The lowest BCUT2D eigenvalue weighted by Crippen LogP contribution is -2.32. The van der Waals surface area contributed by atoms with Gasteiger partial charge in [0.05, 0.1) is 0 Å². The summed E-state index contributed by atoms with van der Waals surface area (Å²) in [6.07, 6.45) is 7.45. The van der Waals surface area contributed by atoms with Crippen molar-refractivity contribution in [2.24, 2.45) is 11.7 Å². The van der Waals surface area contributed by atoms with Crippen LogP contribution in [-0.2, 0) is 4.79 Å². The zero-order valence-corrected chi connectivity index (χ0v) is 9.51. The molecule has 2 heteroatoms. The Bertz CT molecular complexity index is 187. The third-order valence-corrected chi connectivity index (χ3v) is 3.04. The molecule has 0 aromatic heterocycles. The molecule has 0 radical (unpaired) electrons. The smallest absolute Gasteiger partial charge is 0.133 e. The van der Waals surface area contributed by atoms with Gasteiger partial charge < -0.3 is 5.73 Å². The molecule has 1 aliphatic carbocycles. The van der Waals surface area contributed by atoms with Gasteiger partial charge in [0.25, 0.3) is 0 Å². The minimum atomic E-state index is -0.189. The molecule has 0 aromatic rings. The van der Waals surface area contributed by atoms with Gasteiger partial charge in [0.15, 0.2) is 0 Å². The van der Waals surface area contributed by atoms with E-state index < -0.39 is 0 Å². The van der Waals surface area contributed by atoms with Crippen LogP contribution in [0.3, 0.4) is 0 Å². The zero-order valence-electron chi connectivity index (χ0n) is 9.51. The number of rotatable bonds is 5. The maximum atomic E-state index is 11.6. The monoisotopic (exact) mass is 197 g/mol. The Labute approximate surface area is 87.2 Å². The first-order valence-corrected chi connectivity index (χ1v) is 5.78. The van der Waals surface area contributed by atoms with Gasteiger partial charge in [-0.3, -0.25) is 4.79 Å². The highest BCUT2D eigenvalue weighted by atomic mass is 16.1. The number of carbonyl (C=O) groups is 1. The largest absolute Gasteiger partial charge is 0.326 e. The third-order valence-electron chi connectivity index (χ3n) is 3.04. The van der Waals surface area contributed by atoms with Gasteiger partial charge in [-0.1, -0.05) is 25.7 Å². The summed E-state index contributed by atoms with van der Waals surface area (Å²) in [6.45, 7) is 3.96. The molecule has 0 aromatic carbocycles. The van der Waals surface area contributed by atoms with Crippen LogP contribution in [0.25, 0.3) is 0 Å². The van der Waals surface area contributed by atoms with Gasteiger partial charge in [0.1, 0.15) is 5.78 Å². The highest BCUT2D eigenvalue weighted by Crippen LogP contribution is 2.28. The molecular formula is C12H23NO. The van der Waals surface area contributed by atoms with Crippen LogP contribution in [0.5, 0.6) is 0 Å². The second-order valence-corrected chi connectivity index (χ2v) is 5.38. The van der Waals surface area contributed by atoms with Crippen molar-refractivity contribution in [3.63, 3.8) is 0 Å². The molecule has 1 rings (SSSR count). The molecule has 2 N–H and O–H groups in total. The summed E-state index contributed by atoms with van der Waals surface area (Å²) in [4.78, 5) is 11.6. The normalized spacial score (nSPS) is 18.8. The summed E-state index contributed by atoms with van der Waals surface area (Å²) in [5, 5.41) is 0. The fourth-order valence-electron chi connectivity index (χ4n) is 2.10. The number of Topliss-reactive ketones (excluding diaryl/α,β-unsaturated/α-hetero) is 1. The molecule has 0 spiro atoms. The van der Waals surface area contributed by atoms with E-state index in [9.17, 15) is 4.79 Å². The highest BCUT2D eigenvalue weighted by molar-refractivity contribution is 5.78. The molecule has 0 atom stereocenters. The second-order valence-electron chi connectivity index (χ2n) is 5.38. The molecule has 1 fully saturated rings. The predicted molar refractivity (Wildman–Crippen MR) is 59.1 cm³/mol. The first-order chi connectivity index (χ1) is 6.47. The first-order valence-electron chi connectivity index (χ1n) is 5.78. The van der Waals surface area contributed by atoms with Crippen molar-refractivity contribution >= 4 is 5.78 Å². The molecule has 2 nitrogen and oxygen atoms in total. The molecular weight excluding hydrogens is 174 g/mol. The molecule has 1 saturated carbocycles. The van der Waals surface area contributed by atoms with Crippen LogP contribution in [0.1, 0.15) is 58.8 Å². The molecule has 0 aliphatic heterocycles. The Morgan fingerprint density at radius 2 is 1.93 bits per heavy atom. The summed E-state index contributed by atoms with van der Waals surface area (Å²) in [5.74, 6) is 1.10. The van der Waals surface area contributed by atoms with E-state index >= 15 is 0 Å². The maximum absolute atomic E-state index is 11.6. The minimum Gasteiger partial charge on any atom is -0.326 e. The summed E-state index contributed by atoms with van der Waals surface area (Å²) < 4.78 is 0. The Morgan fingerprint density at radius 1 is 1.36 bits per heavy atom. The number of ketones is 1. The van der Waals surface area contributed by atoms with E-state index in [2.05, 4.69) is 0 Å². The summed E-state index contributed by atoms with van der Waals surface area (Å²) in [7, 11) is 0. The van der Waals surface area contributed by atoms with Crippen LogP contribution in [0.15, 0.2) is 0 Å². The van der Waals surface area contributed by atoms with E-state index in [0.29, 0.717) is 18.1 Å². The number of nitrogens with two attached hydrogens (primary N) is 1. The topological polar surface area (TPSA) is 43.1 Å². The Kier molecular flexibility index (Phi) is 4.11. The lowest BCUT2D eigenvalue weighted by molar-refractivity contribution is -0.120. The Hall–Kier alpha value is -0.370. The molecule has 0 amide bonds. The van der Waals surface area contributed by atoms with Crippen molar-refractivity contribution in [3.8, 4) is 0 Å². The van der Waals surface area contributed by atoms with Gasteiger partial charge in [-0.2, -0.15) is 0 Å². The van der Waals surface area contributed by atoms with E-state index in [1.54, 1.807) is 0 Å². The molecule has 0 heterocycles. The Balaban J connectivity index is 2.15. The molecule has 0 saturated heterocycles. The van der Waals surface area contributed by atoms with Crippen LogP contribution < -0.4 is 5.73 Å². The first kappa shape index (κ1) is 11.7. The fraction of sp³-hybridized carbons (Fsp3) is 0.917. The summed E-state index contributed by atoms with van der Waals surface area (Å²) in [6, 6.07) is 0. The quantitative estimate of drug-likeness (QED) is 0.736.